The van der Waals surface area contributed by atoms with Crippen LogP contribution in [0.3, 0.4) is 0 Å². The predicted octanol–water partition coefficient (Wildman–Crippen LogP) is 1.46. The average Bonchev–Trinajstić information content (AvgIpc) is 2.15. The Kier molecular flexibility index (Phi) is 4.53. The van der Waals surface area contributed by atoms with E-state index in [9.17, 15) is 9.18 Å². The van der Waals surface area contributed by atoms with Crippen molar-refractivity contribution in [2.75, 3.05) is 19.8 Å². The van der Waals surface area contributed by atoms with Gasteiger partial charge in [0.05, 0.1) is 6.67 Å². The minimum absolute atomic E-state index is 0.00585. The van der Waals surface area contributed by atoms with Crippen molar-refractivity contribution in [3.8, 4) is 0 Å². The van der Waals surface area contributed by atoms with Crippen LogP contribution in [0, 0.1) is 5.92 Å². The number of hydrogen-bond donors (Lipinski definition) is 2. The van der Waals surface area contributed by atoms with E-state index in [1.165, 1.54) is 0 Å². The first-order chi connectivity index (χ1) is 7.40. The summed E-state index contributed by atoms with van der Waals surface area (Å²) in [7, 11) is 0. The number of carbonyl (C=O) groups is 1. The number of piperidine rings is 1. The first-order valence-corrected chi connectivity index (χ1v) is 5.67. The van der Waals surface area contributed by atoms with Crippen molar-refractivity contribution in [2.45, 2.75) is 38.8 Å². The van der Waals surface area contributed by atoms with Crippen LogP contribution in [0.5, 0.6) is 0 Å². The zero-order valence-corrected chi connectivity index (χ0v) is 10.2. The number of halogens is 1. The van der Waals surface area contributed by atoms with Crippen LogP contribution in [-0.2, 0) is 4.74 Å². The van der Waals surface area contributed by atoms with Gasteiger partial charge in [0.1, 0.15) is 5.60 Å². The van der Waals surface area contributed by atoms with Gasteiger partial charge in [0.2, 0.25) is 0 Å². The van der Waals surface area contributed by atoms with E-state index >= 15 is 0 Å². The van der Waals surface area contributed by atoms with Crippen molar-refractivity contribution in [2.24, 2.45) is 5.92 Å². The summed E-state index contributed by atoms with van der Waals surface area (Å²) >= 11 is 0. The Labute approximate surface area is 95.9 Å². The zero-order chi connectivity index (χ0) is 12.2. The quantitative estimate of drug-likeness (QED) is 0.758. The number of ether oxygens (including phenoxy) is 1. The number of carbonyl (C=O) groups excluding carboxylic acids is 1. The minimum atomic E-state index is -0.494. The number of amides is 1. The smallest absolute Gasteiger partial charge is 0.407 e. The standard InChI is InChI=1S/C11H21FN2O2/c1-11(2,3)16-10(15)14-9-4-8(5-12)6-13-7-9/h8-9,13H,4-7H2,1-3H3,(H,14,15). The van der Waals surface area contributed by atoms with Crippen LogP contribution < -0.4 is 10.6 Å². The highest BCUT2D eigenvalue weighted by Gasteiger charge is 2.24. The van der Waals surface area contributed by atoms with Gasteiger partial charge in [0.15, 0.2) is 0 Å². The Balaban J connectivity index is 2.33. The molecule has 1 amide bonds. The Hall–Kier alpha value is -0.840. The second kappa shape index (κ2) is 5.48. The largest absolute Gasteiger partial charge is 0.444 e. The molecular weight excluding hydrogens is 211 g/mol. The van der Waals surface area contributed by atoms with Gasteiger partial charge in [-0.2, -0.15) is 0 Å². The van der Waals surface area contributed by atoms with Crippen molar-refractivity contribution in [3.63, 3.8) is 0 Å². The zero-order valence-electron chi connectivity index (χ0n) is 10.2. The van der Waals surface area contributed by atoms with Gasteiger partial charge in [0, 0.05) is 25.0 Å². The molecule has 1 rings (SSSR count). The lowest BCUT2D eigenvalue weighted by Gasteiger charge is -2.30. The molecule has 0 aromatic rings. The third-order valence-electron chi connectivity index (χ3n) is 2.38. The average molecular weight is 232 g/mol. The molecule has 5 heteroatoms. The SMILES string of the molecule is CC(C)(C)OC(=O)NC1CNCC(CF)C1. The van der Waals surface area contributed by atoms with Crippen LogP contribution >= 0.6 is 0 Å². The fourth-order valence-electron chi connectivity index (χ4n) is 1.73. The predicted molar refractivity (Wildman–Crippen MR) is 60.1 cm³/mol. The molecule has 0 saturated carbocycles. The van der Waals surface area contributed by atoms with E-state index in [4.69, 9.17) is 4.74 Å². The summed E-state index contributed by atoms with van der Waals surface area (Å²) in [6, 6.07) is -0.0376. The fraction of sp³-hybridized carbons (Fsp3) is 0.909. The van der Waals surface area contributed by atoms with Gasteiger partial charge in [0.25, 0.3) is 0 Å². The van der Waals surface area contributed by atoms with E-state index in [-0.39, 0.29) is 18.6 Å². The van der Waals surface area contributed by atoms with E-state index in [2.05, 4.69) is 10.6 Å². The van der Waals surface area contributed by atoms with Gasteiger partial charge in [-0.3, -0.25) is 4.39 Å². The van der Waals surface area contributed by atoms with Crippen molar-refractivity contribution < 1.29 is 13.9 Å². The molecule has 0 radical (unpaired) electrons. The summed E-state index contributed by atoms with van der Waals surface area (Å²) in [4.78, 5) is 11.5. The number of alkyl carbamates (subject to hydrolysis) is 1. The molecule has 1 fully saturated rings. The molecule has 0 aliphatic carbocycles. The van der Waals surface area contributed by atoms with Crippen molar-refractivity contribution >= 4 is 6.09 Å². The highest BCUT2D eigenvalue weighted by Crippen LogP contribution is 2.12. The molecule has 0 aromatic heterocycles. The van der Waals surface area contributed by atoms with Gasteiger partial charge < -0.3 is 15.4 Å². The van der Waals surface area contributed by atoms with Gasteiger partial charge in [-0.15, -0.1) is 0 Å². The molecule has 4 nitrogen and oxygen atoms in total. The first kappa shape index (κ1) is 13.2. The van der Waals surface area contributed by atoms with E-state index in [1.54, 1.807) is 0 Å². The Morgan fingerprint density at radius 1 is 1.50 bits per heavy atom. The second-order valence-corrected chi connectivity index (χ2v) is 5.26. The molecule has 1 heterocycles. The fourth-order valence-corrected chi connectivity index (χ4v) is 1.73. The highest BCUT2D eigenvalue weighted by atomic mass is 19.1. The molecule has 1 aliphatic heterocycles. The van der Waals surface area contributed by atoms with Gasteiger partial charge in [-0.25, -0.2) is 4.79 Å². The molecule has 0 bridgehead atoms. The maximum atomic E-state index is 12.5. The maximum Gasteiger partial charge on any atom is 0.407 e. The highest BCUT2D eigenvalue weighted by molar-refractivity contribution is 5.68. The van der Waals surface area contributed by atoms with E-state index < -0.39 is 11.7 Å². The second-order valence-electron chi connectivity index (χ2n) is 5.26. The molecular formula is C11H21FN2O2. The van der Waals surface area contributed by atoms with Crippen molar-refractivity contribution in [3.05, 3.63) is 0 Å². The number of rotatable bonds is 2. The molecule has 16 heavy (non-hydrogen) atoms. The Bertz CT molecular complexity index is 241. The lowest BCUT2D eigenvalue weighted by atomic mass is 9.97. The molecule has 2 atom stereocenters. The number of alkyl halides is 1. The maximum absolute atomic E-state index is 12.5. The first-order valence-electron chi connectivity index (χ1n) is 5.67. The van der Waals surface area contributed by atoms with Crippen LogP contribution in [0.4, 0.5) is 9.18 Å². The summed E-state index contributed by atoms with van der Waals surface area (Å²) in [5.74, 6) is -0.00585. The minimum Gasteiger partial charge on any atom is -0.444 e. The van der Waals surface area contributed by atoms with E-state index in [0.717, 1.165) is 0 Å². The molecule has 2 unspecified atom stereocenters. The molecule has 1 saturated heterocycles. The molecule has 1 aliphatic rings. The summed E-state index contributed by atoms with van der Waals surface area (Å²) < 4.78 is 17.6. The van der Waals surface area contributed by atoms with Crippen LogP contribution in [0.1, 0.15) is 27.2 Å². The van der Waals surface area contributed by atoms with Crippen LogP contribution in [-0.4, -0.2) is 37.5 Å². The number of nitrogens with one attached hydrogen (secondary N) is 2. The monoisotopic (exact) mass is 232 g/mol. The third-order valence-corrected chi connectivity index (χ3v) is 2.38. The van der Waals surface area contributed by atoms with Crippen LogP contribution in [0.2, 0.25) is 0 Å². The summed E-state index contributed by atoms with van der Waals surface area (Å²) in [5, 5.41) is 5.84. The van der Waals surface area contributed by atoms with E-state index in [0.29, 0.717) is 19.5 Å². The Morgan fingerprint density at radius 3 is 2.75 bits per heavy atom. The molecule has 0 aromatic carbocycles. The lowest BCUT2D eigenvalue weighted by molar-refractivity contribution is 0.0487. The van der Waals surface area contributed by atoms with Gasteiger partial charge in [-0.05, 0) is 27.2 Å². The summed E-state index contributed by atoms with van der Waals surface area (Å²) in [6.07, 6.45) is 0.238. The normalized spacial score (nSPS) is 26.2. The molecule has 2 N–H and O–H groups in total. The third kappa shape index (κ3) is 4.79. The van der Waals surface area contributed by atoms with Gasteiger partial charge in [-0.1, -0.05) is 0 Å². The van der Waals surface area contributed by atoms with Crippen molar-refractivity contribution in [1.29, 1.82) is 0 Å². The topological polar surface area (TPSA) is 50.4 Å². The Morgan fingerprint density at radius 2 is 2.19 bits per heavy atom. The molecule has 94 valence electrons. The summed E-state index contributed by atoms with van der Waals surface area (Å²) in [6.45, 7) is 6.46. The summed E-state index contributed by atoms with van der Waals surface area (Å²) in [5.41, 5.74) is -0.494. The van der Waals surface area contributed by atoms with E-state index in [1.807, 2.05) is 20.8 Å². The van der Waals surface area contributed by atoms with Crippen molar-refractivity contribution in [1.82, 2.24) is 10.6 Å². The van der Waals surface area contributed by atoms with Crippen LogP contribution in [0.15, 0.2) is 0 Å². The lowest BCUT2D eigenvalue weighted by Crippen LogP contribution is -2.50. The number of hydrogen-bond acceptors (Lipinski definition) is 3. The van der Waals surface area contributed by atoms with Crippen LogP contribution in [0.25, 0.3) is 0 Å². The van der Waals surface area contributed by atoms with Gasteiger partial charge >= 0.3 is 6.09 Å². The molecule has 0 spiro atoms.